The summed E-state index contributed by atoms with van der Waals surface area (Å²) in [6.07, 6.45) is 6.46. The van der Waals surface area contributed by atoms with Crippen LogP contribution in [0.4, 0.5) is 0 Å². The Labute approximate surface area is 95.3 Å². The van der Waals surface area contributed by atoms with Crippen LogP contribution in [0.25, 0.3) is 0 Å². The van der Waals surface area contributed by atoms with Crippen molar-refractivity contribution >= 4 is 18.7 Å². The molecular weight excluding hydrogens is 208 g/mol. The van der Waals surface area contributed by atoms with Gasteiger partial charge >= 0.3 is 0 Å². The van der Waals surface area contributed by atoms with Crippen molar-refractivity contribution < 1.29 is 11.8 Å². The summed E-state index contributed by atoms with van der Waals surface area (Å²) in [7, 11) is -2.42. The second kappa shape index (κ2) is 4.08. The lowest BCUT2D eigenvalue weighted by molar-refractivity contribution is 0.355. The van der Waals surface area contributed by atoms with Crippen LogP contribution in [0, 0.1) is 5.92 Å². The van der Waals surface area contributed by atoms with E-state index in [2.05, 4.69) is 13.1 Å². The Kier molecular flexibility index (Phi) is 2.48. The molecule has 14 heavy (non-hydrogen) atoms. The Balaban J connectivity index is 0.000000686. The Hall–Kier alpha value is 0.354. The number of rotatable bonds is 5. The third kappa shape index (κ3) is 2.69. The molecule has 2 aliphatic rings. The second-order valence-electron chi connectivity index (χ2n) is 5.33. The molecule has 1 saturated heterocycles. The van der Waals surface area contributed by atoms with E-state index in [0.717, 1.165) is 5.92 Å². The molecule has 0 radical (unpaired) electrons. The Bertz CT molecular complexity index is 232. The number of fused-ring (bicyclic) bond motifs is 1. The van der Waals surface area contributed by atoms with E-state index < -0.39 is 18.7 Å². The lowest BCUT2D eigenvalue weighted by Crippen LogP contribution is -2.30. The van der Waals surface area contributed by atoms with Crippen LogP contribution in [0.5, 0.6) is 0 Å². The summed E-state index contributed by atoms with van der Waals surface area (Å²) in [4.78, 5) is 0. The maximum absolute atomic E-state index is 7.25. The molecule has 2 fully saturated rings. The molecule has 2 nitrogen and oxygen atoms in total. The van der Waals surface area contributed by atoms with E-state index in [1.54, 1.807) is 0 Å². The van der Waals surface area contributed by atoms with Crippen molar-refractivity contribution in [3.8, 4) is 0 Å². The van der Waals surface area contributed by atoms with Crippen LogP contribution in [-0.4, -0.2) is 32.2 Å². The van der Waals surface area contributed by atoms with E-state index in [9.17, 15) is 0 Å². The van der Waals surface area contributed by atoms with Gasteiger partial charge in [-0.2, -0.15) is 0 Å². The van der Waals surface area contributed by atoms with Gasteiger partial charge in [-0.1, -0.05) is 6.42 Å². The number of hydrogen-bond acceptors (Lipinski definition) is 2. The van der Waals surface area contributed by atoms with Crippen molar-refractivity contribution in [2.75, 3.05) is 0 Å². The molecule has 4 heteroatoms. The molecular formula is C10H24O2Si2. The molecule has 1 aliphatic carbocycles. The average molecular weight is 235 g/mol. The predicted octanol–water partition coefficient (Wildman–Crippen LogP) is 1.69. The fraction of sp³-hybridized carbons (Fsp3) is 1.00. The maximum Gasteiger partial charge on any atom is 0.172 e. The van der Waals surface area contributed by atoms with E-state index in [0.29, 0.717) is 12.2 Å². The second-order valence-corrected chi connectivity index (χ2v) is 10.5. The van der Waals surface area contributed by atoms with Gasteiger partial charge in [-0.25, -0.2) is 0 Å². The molecule has 0 N–H and O–H groups in total. The Morgan fingerprint density at radius 1 is 1.64 bits per heavy atom. The summed E-state index contributed by atoms with van der Waals surface area (Å²) in [5.74, 6) is 0.872. The highest BCUT2D eigenvalue weighted by molar-refractivity contribution is 6.73. The van der Waals surface area contributed by atoms with Crippen LogP contribution in [0.2, 0.25) is 19.1 Å². The van der Waals surface area contributed by atoms with Crippen molar-refractivity contribution in [2.24, 2.45) is 5.92 Å². The number of hydrogen-bond donors (Lipinski definition) is 0. The van der Waals surface area contributed by atoms with Gasteiger partial charge in [0.25, 0.3) is 0 Å². The minimum Gasteiger partial charge on any atom is -0.463 e. The van der Waals surface area contributed by atoms with Gasteiger partial charge in [-0.3, -0.25) is 0 Å². The zero-order valence-corrected chi connectivity index (χ0v) is 11.7. The van der Waals surface area contributed by atoms with Crippen molar-refractivity contribution in [3.63, 3.8) is 0 Å². The lowest BCUT2D eigenvalue weighted by Gasteiger charge is -2.25. The predicted molar refractivity (Wildman–Crippen MR) is 66.0 cm³/mol. The highest BCUT2D eigenvalue weighted by Gasteiger charge is 2.43. The Morgan fingerprint density at radius 2 is 2.50 bits per heavy atom. The number of ether oxygens (including phenoxy) is 1. The molecule has 1 heterocycles. The van der Waals surface area contributed by atoms with E-state index >= 15 is 0 Å². The van der Waals surface area contributed by atoms with Gasteiger partial charge in [0.15, 0.2) is 8.32 Å². The van der Waals surface area contributed by atoms with Crippen molar-refractivity contribution in [2.45, 2.75) is 57.0 Å². The van der Waals surface area contributed by atoms with Crippen LogP contribution in [0.15, 0.2) is 0 Å². The zero-order valence-electron chi connectivity index (χ0n) is 12.3. The molecule has 1 aliphatic heterocycles. The highest BCUT2D eigenvalue weighted by atomic mass is 28.4. The first-order valence-corrected chi connectivity index (χ1v) is 9.39. The molecule has 0 aromatic carbocycles. The smallest absolute Gasteiger partial charge is 0.172 e. The molecule has 0 aromatic rings. The third-order valence-electron chi connectivity index (χ3n) is 3.66. The van der Waals surface area contributed by atoms with Gasteiger partial charge in [0, 0.05) is 4.20 Å². The molecule has 0 aromatic heterocycles. The van der Waals surface area contributed by atoms with Gasteiger partial charge in [0.1, 0.15) is 10.4 Å². The van der Waals surface area contributed by atoms with Crippen molar-refractivity contribution in [1.82, 2.24) is 0 Å². The Morgan fingerprint density at radius 3 is 3.21 bits per heavy atom. The molecule has 3 unspecified atom stereocenters. The largest absolute Gasteiger partial charge is 0.463 e. The summed E-state index contributed by atoms with van der Waals surface area (Å²) >= 11 is 0. The fourth-order valence-electron chi connectivity index (χ4n) is 2.37. The minimum atomic E-state index is -1.46. The van der Waals surface area contributed by atoms with Crippen LogP contribution in [0.1, 0.15) is 28.7 Å². The molecule has 0 spiro atoms. The topological polar surface area (TPSA) is 21.8 Å². The molecule has 3 atom stereocenters. The SMILES string of the molecule is [2H][2H].[2H][SiH2]O[Si](C)(C)CCC1CCC2OC2C1. The van der Waals surface area contributed by atoms with Crippen LogP contribution >= 0.6 is 0 Å². The molecule has 84 valence electrons. The maximum atomic E-state index is 7.25. The lowest BCUT2D eigenvalue weighted by atomic mass is 9.88. The van der Waals surface area contributed by atoms with Gasteiger partial charge < -0.3 is 8.85 Å². The van der Waals surface area contributed by atoms with Gasteiger partial charge in [-0.15, -0.1) is 0 Å². The molecule has 0 bridgehead atoms. The normalized spacial score (nSPS) is 39.0. The summed E-state index contributed by atoms with van der Waals surface area (Å²) in [6.45, 7) is 4.52. The van der Waals surface area contributed by atoms with E-state index in [4.69, 9.17) is 13.1 Å². The van der Waals surface area contributed by atoms with Crippen LogP contribution in [0.3, 0.4) is 0 Å². The standard InChI is InChI=1S/C10H22O2Si2.H2/c1-14(2,12-13)6-5-8-3-4-9-10(7-8)11-9;/h8-10H,3-7H2,1-2,13H3;1H/i13D;1+1D. The summed E-state index contributed by atoms with van der Waals surface area (Å²) in [5, 5.41) is 0. The zero-order chi connectivity index (χ0) is 12.9. The van der Waals surface area contributed by atoms with Crippen LogP contribution < -0.4 is 0 Å². The van der Waals surface area contributed by atoms with E-state index in [-0.39, 0.29) is 0 Å². The van der Waals surface area contributed by atoms with Crippen LogP contribution in [-0.2, 0) is 8.85 Å². The first-order chi connectivity index (χ1) is 8.11. The first-order valence-electron chi connectivity index (χ1n) is 7.40. The van der Waals surface area contributed by atoms with E-state index in [1.165, 1.54) is 31.7 Å². The monoisotopic (exact) mass is 235 g/mol. The third-order valence-corrected chi connectivity index (χ3v) is 8.28. The molecule has 1 saturated carbocycles. The minimum absolute atomic E-state index is 0.611. The first kappa shape index (κ1) is 8.50. The highest BCUT2D eigenvalue weighted by Crippen LogP contribution is 2.41. The molecule has 2 rings (SSSR count). The van der Waals surface area contributed by atoms with Gasteiger partial charge in [0.2, 0.25) is 0 Å². The van der Waals surface area contributed by atoms with Gasteiger partial charge in [0.05, 0.1) is 12.2 Å². The average Bonchev–Trinajstić information content (AvgIpc) is 3.07. The van der Waals surface area contributed by atoms with Crippen molar-refractivity contribution in [3.05, 3.63) is 0 Å². The number of epoxide rings is 1. The summed E-state index contributed by atoms with van der Waals surface area (Å²) in [6, 6.07) is 1.24. The van der Waals surface area contributed by atoms with Crippen molar-refractivity contribution in [1.29, 1.82) is 1.23 Å². The summed E-state index contributed by atoms with van der Waals surface area (Å²) < 4.78 is 28.5. The fourth-order valence-corrected chi connectivity index (χ4v) is 4.05. The van der Waals surface area contributed by atoms with Gasteiger partial charge in [-0.05, 0) is 44.3 Å². The quantitative estimate of drug-likeness (QED) is 0.534. The summed E-state index contributed by atoms with van der Waals surface area (Å²) in [5.41, 5.74) is 0. The van der Waals surface area contributed by atoms with E-state index in [1.807, 2.05) is 0 Å². The molecule has 0 amide bonds.